The van der Waals surface area contributed by atoms with E-state index in [2.05, 4.69) is 16.9 Å². The largest absolute Gasteiger partial charge is 1.00 e. The Morgan fingerprint density at radius 1 is 1.15 bits per heavy atom. The Labute approximate surface area is 141 Å². The Morgan fingerprint density at radius 3 is 2.35 bits per heavy atom. The van der Waals surface area contributed by atoms with Crippen molar-refractivity contribution >= 4 is 11.2 Å². The van der Waals surface area contributed by atoms with E-state index in [0.29, 0.717) is 24.3 Å². The van der Waals surface area contributed by atoms with Gasteiger partial charge in [0.05, 0.1) is 6.33 Å². The van der Waals surface area contributed by atoms with Crippen LogP contribution < -0.4 is 40.8 Å². The number of aromatic nitrogens is 4. The monoisotopic (exact) mass is 288 g/mol. The molecule has 2 rings (SSSR count). The second-order valence-corrected chi connectivity index (χ2v) is 4.70. The van der Waals surface area contributed by atoms with Crippen LogP contribution in [0.1, 0.15) is 41.0 Å². The van der Waals surface area contributed by atoms with Gasteiger partial charge in [0.15, 0.2) is 5.65 Å². The van der Waals surface area contributed by atoms with Crippen LogP contribution in [-0.4, -0.2) is 19.1 Å². The molecule has 1 N–H and O–H groups in total. The molecule has 0 unspecified atom stereocenters. The van der Waals surface area contributed by atoms with Crippen molar-refractivity contribution in [2.45, 2.75) is 52.6 Å². The number of imidazole rings is 1. The third kappa shape index (κ3) is 3.24. The summed E-state index contributed by atoms with van der Waals surface area (Å²) < 4.78 is 2.92. The standard InChI is InChI=1S/C13H20N4O2.Na.H/c1-3-5-7-16-11-10(14-9-15-11)12(18)17(13(16)19)8-6-4-2;;/h9H,3-8H2,1-2H3,(H,14,15);;/q;+1;-1. The van der Waals surface area contributed by atoms with E-state index in [4.69, 9.17) is 0 Å². The maximum Gasteiger partial charge on any atom is 1.00 e. The van der Waals surface area contributed by atoms with E-state index in [0.717, 1.165) is 25.7 Å². The molecule has 2 aromatic heterocycles. The van der Waals surface area contributed by atoms with Gasteiger partial charge in [0.2, 0.25) is 0 Å². The van der Waals surface area contributed by atoms with E-state index < -0.39 is 0 Å². The summed E-state index contributed by atoms with van der Waals surface area (Å²) in [6.07, 6.45) is 5.13. The Bertz CT molecular complexity index is 677. The van der Waals surface area contributed by atoms with Crippen LogP contribution in [0.25, 0.3) is 11.2 Å². The summed E-state index contributed by atoms with van der Waals surface area (Å²) in [6, 6.07) is 0. The topological polar surface area (TPSA) is 72.7 Å². The van der Waals surface area contributed by atoms with E-state index >= 15 is 0 Å². The zero-order valence-electron chi connectivity index (χ0n) is 13.5. The minimum absolute atomic E-state index is 0. The van der Waals surface area contributed by atoms with Gasteiger partial charge < -0.3 is 6.41 Å². The number of fused-ring (bicyclic) bond motifs is 1. The van der Waals surface area contributed by atoms with Crippen molar-refractivity contribution in [1.29, 1.82) is 0 Å². The molecule has 20 heavy (non-hydrogen) atoms. The van der Waals surface area contributed by atoms with Crippen molar-refractivity contribution in [3.05, 3.63) is 27.2 Å². The fourth-order valence-corrected chi connectivity index (χ4v) is 2.14. The first-order chi connectivity index (χ1) is 9.20. The van der Waals surface area contributed by atoms with Crippen molar-refractivity contribution in [2.24, 2.45) is 0 Å². The molecule has 0 fully saturated rings. The number of rotatable bonds is 6. The average molecular weight is 288 g/mol. The first-order valence-electron chi connectivity index (χ1n) is 6.87. The van der Waals surface area contributed by atoms with Gasteiger partial charge in [-0.3, -0.25) is 13.9 Å². The van der Waals surface area contributed by atoms with E-state index in [1.165, 1.54) is 10.9 Å². The summed E-state index contributed by atoms with van der Waals surface area (Å²) in [7, 11) is 0. The van der Waals surface area contributed by atoms with E-state index in [1.807, 2.05) is 6.92 Å². The summed E-state index contributed by atoms with van der Waals surface area (Å²) >= 11 is 0. The number of aromatic amines is 1. The molecule has 0 bridgehead atoms. The van der Waals surface area contributed by atoms with Crippen molar-refractivity contribution < 1.29 is 31.0 Å². The molecule has 0 aliphatic carbocycles. The summed E-state index contributed by atoms with van der Waals surface area (Å²) in [4.78, 5) is 31.6. The molecule has 0 amide bonds. The number of nitrogens with one attached hydrogen (secondary N) is 1. The zero-order chi connectivity index (χ0) is 13.8. The van der Waals surface area contributed by atoms with Crippen molar-refractivity contribution in [3.8, 4) is 0 Å². The predicted octanol–water partition coefficient (Wildman–Crippen LogP) is -1.40. The third-order valence-corrected chi connectivity index (χ3v) is 3.27. The molecule has 0 spiro atoms. The molecule has 6 nitrogen and oxygen atoms in total. The minimum atomic E-state index is -0.265. The van der Waals surface area contributed by atoms with Crippen LogP contribution in [-0.2, 0) is 13.1 Å². The van der Waals surface area contributed by atoms with Gasteiger partial charge in [-0.15, -0.1) is 0 Å². The summed E-state index contributed by atoms with van der Waals surface area (Å²) in [5.74, 6) is 0. The molecule has 106 valence electrons. The van der Waals surface area contributed by atoms with Gasteiger partial charge in [-0.25, -0.2) is 9.78 Å². The number of hydrogen-bond acceptors (Lipinski definition) is 3. The van der Waals surface area contributed by atoms with Crippen LogP contribution in [0, 0.1) is 0 Å². The number of nitrogens with zero attached hydrogens (tertiary/aromatic N) is 3. The molecule has 0 atom stereocenters. The summed E-state index contributed by atoms with van der Waals surface area (Å²) in [5.41, 5.74) is 0.383. The summed E-state index contributed by atoms with van der Waals surface area (Å²) in [5, 5.41) is 0. The molecule has 0 aliphatic rings. The second kappa shape index (κ2) is 7.81. The maximum atomic E-state index is 12.4. The molecular weight excluding hydrogens is 267 g/mol. The Morgan fingerprint density at radius 2 is 1.75 bits per heavy atom. The van der Waals surface area contributed by atoms with Crippen molar-refractivity contribution in [2.75, 3.05) is 0 Å². The smallest absolute Gasteiger partial charge is 1.00 e. The fourth-order valence-electron chi connectivity index (χ4n) is 2.14. The van der Waals surface area contributed by atoms with Gasteiger partial charge in [0.1, 0.15) is 5.52 Å². The predicted molar refractivity (Wildman–Crippen MR) is 75.5 cm³/mol. The van der Waals surface area contributed by atoms with Crippen LogP contribution in [0.4, 0.5) is 0 Å². The Balaban J connectivity index is 0.00000200. The van der Waals surface area contributed by atoms with Gasteiger partial charge in [-0.1, -0.05) is 26.7 Å². The van der Waals surface area contributed by atoms with Crippen LogP contribution >= 0.6 is 0 Å². The van der Waals surface area contributed by atoms with Gasteiger partial charge in [-0.05, 0) is 12.8 Å². The number of aryl methyl sites for hydroxylation is 1. The molecule has 0 aromatic carbocycles. The van der Waals surface area contributed by atoms with Crippen LogP contribution in [0.5, 0.6) is 0 Å². The van der Waals surface area contributed by atoms with Crippen LogP contribution in [0.15, 0.2) is 15.9 Å². The van der Waals surface area contributed by atoms with Gasteiger partial charge in [0.25, 0.3) is 5.56 Å². The van der Waals surface area contributed by atoms with Crippen molar-refractivity contribution in [1.82, 2.24) is 19.1 Å². The zero-order valence-corrected chi connectivity index (χ0v) is 14.5. The summed E-state index contributed by atoms with van der Waals surface area (Å²) in [6.45, 7) is 5.17. The van der Waals surface area contributed by atoms with E-state index in [9.17, 15) is 9.59 Å². The van der Waals surface area contributed by atoms with Gasteiger partial charge in [0, 0.05) is 13.1 Å². The normalized spacial score (nSPS) is 10.7. The number of unbranched alkanes of at least 4 members (excludes halogenated alkanes) is 2. The SMILES string of the molecule is CCCCn1c(=O)c2[nH]cnc2n(CCCC)c1=O.[H-].[Na+]. The number of H-pyrrole nitrogens is 1. The fraction of sp³-hybridized carbons (Fsp3) is 0.615. The van der Waals surface area contributed by atoms with Gasteiger partial charge in [-0.2, -0.15) is 0 Å². The first-order valence-corrected chi connectivity index (χ1v) is 6.87. The Hall–Kier alpha value is -0.850. The molecule has 7 heteroatoms. The molecule has 0 radical (unpaired) electrons. The number of hydrogen-bond donors (Lipinski definition) is 1. The molecule has 0 aliphatic heterocycles. The van der Waals surface area contributed by atoms with Crippen LogP contribution in [0.3, 0.4) is 0 Å². The quantitative estimate of drug-likeness (QED) is 0.665. The maximum absolute atomic E-state index is 12.4. The second-order valence-electron chi connectivity index (χ2n) is 4.70. The molecule has 0 saturated heterocycles. The molecular formula is C13H21N4NaO2. The molecule has 0 saturated carbocycles. The minimum Gasteiger partial charge on any atom is -1.00 e. The average Bonchev–Trinajstić information content (AvgIpc) is 2.88. The molecule has 2 aromatic rings. The van der Waals surface area contributed by atoms with E-state index in [1.54, 1.807) is 4.57 Å². The van der Waals surface area contributed by atoms with Gasteiger partial charge >= 0.3 is 35.2 Å². The Kier molecular flexibility index (Phi) is 6.71. The van der Waals surface area contributed by atoms with E-state index in [-0.39, 0.29) is 42.2 Å². The van der Waals surface area contributed by atoms with Crippen molar-refractivity contribution in [3.63, 3.8) is 0 Å². The third-order valence-electron chi connectivity index (χ3n) is 3.27. The first kappa shape index (κ1) is 17.2. The molecule has 2 heterocycles. The van der Waals surface area contributed by atoms with Crippen LogP contribution in [0.2, 0.25) is 0 Å².